The molecule has 0 saturated heterocycles. The van der Waals surface area contributed by atoms with Crippen LogP contribution in [0.4, 0.5) is 10.1 Å². The second kappa shape index (κ2) is 6.14. The van der Waals surface area contributed by atoms with Gasteiger partial charge in [-0.1, -0.05) is 6.92 Å². The van der Waals surface area contributed by atoms with Crippen molar-refractivity contribution in [2.24, 2.45) is 3.77 Å². The van der Waals surface area contributed by atoms with Crippen molar-refractivity contribution < 1.29 is 13.5 Å². The Morgan fingerprint density at radius 3 is 2.72 bits per heavy atom. The lowest BCUT2D eigenvalue weighted by Crippen LogP contribution is -2.01. The molecule has 8 heteroatoms. The Morgan fingerprint density at radius 1 is 1.56 bits per heavy atom. The largest absolute Gasteiger partial charge is 0.272 e. The lowest BCUT2D eigenvalue weighted by atomic mass is 10.3. The molecule has 1 aromatic carbocycles. The molecule has 1 atom stereocenters. The van der Waals surface area contributed by atoms with Crippen LogP contribution in [0.25, 0.3) is 0 Å². The van der Waals surface area contributed by atoms with Crippen molar-refractivity contribution in [3.63, 3.8) is 0 Å². The van der Waals surface area contributed by atoms with E-state index >= 15 is 0 Å². The summed E-state index contributed by atoms with van der Waals surface area (Å²) in [6, 6.07) is 3.05. The minimum atomic E-state index is -2.87. The Morgan fingerprint density at radius 2 is 2.22 bits per heavy atom. The average Bonchev–Trinajstić information content (AvgIpc) is 2.28. The van der Waals surface area contributed by atoms with Gasteiger partial charge in [-0.2, -0.15) is 3.77 Å². The first-order valence-corrected chi connectivity index (χ1v) is 8.02. The van der Waals surface area contributed by atoms with Crippen LogP contribution in [0.1, 0.15) is 13.3 Å². The van der Waals surface area contributed by atoms with Crippen molar-refractivity contribution in [3.8, 4) is 0 Å². The Kier molecular flexibility index (Phi) is 5.09. The van der Waals surface area contributed by atoms with Crippen LogP contribution >= 0.6 is 11.9 Å². The molecule has 0 aliphatic heterocycles. The van der Waals surface area contributed by atoms with Crippen LogP contribution in [-0.2, 0) is 9.73 Å². The number of halogens is 1. The van der Waals surface area contributed by atoms with E-state index in [1.807, 2.05) is 6.92 Å². The van der Waals surface area contributed by atoms with E-state index in [9.17, 15) is 18.7 Å². The molecule has 1 rings (SSSR count). The molecule has 0 aliphatic rings. The van der Waals surface area contributed by atoms with Gasteiger partial charge in [-0.3, -0.25) is 10.1 Å². The third-order valence-corrected chi connectivity index (χ3v) is 5.32. The highest BCUT2D eigenvalue weighted by molar-refractivity contribution is 8.07. The average molecular weight is 292 g/mol. The molecule has 0 spiro atoms. The maximum atomic E-state index is 13.7. The second-order valence-electron chi connectivity index (χ2n) is 3.58. The minimum absolute atomic E-state index is 0.100. The molecule has 0 aliphatic carbocycles. The van der Waals surface area contributed by atoms with Gasteiger partial charge in [-0.15, -0.1) is 0 Å². The lowest BCUT2D eigenvalue weighted by molar-refractivity contribution is -0.385. The van der Waals surface area contributed by atoms with Gasteiger partial charge in [0.15, 0.2) is 0 Å². The fraction of sp³-hybridized carbons (Fsp3) is 0.400. The molecule has 0 aromatic heterocycles. The molecular weight excluding hydrogens is 279 g/mol. The Labute approximate surface area is 109 Å². The van der Waals surface area contributed by atoms with Crippen molar-refractivity contribution in [2.45, 2.75) is 18.2 Å². The van der Waals surface area contributed by atoms with Crippen LogP contribution in [0.15, 0.2) is 26.9 Å². The first kappa shape index (κ1) is 14.9. The van der Waals surface area contributed by atoms with Crippen LogP contribution in [0.2, 0.25) is 0 Å². The highest BCUT2D eigenvalue weighted by Gasteiger charge is 2.16. The monoisotopic (exact) mass is 292 g/mol. The van der Waals surface area contributed by atoms with E-state index in [1.165, 1.54) is 6.26 Å². The van der Waals surface area contributed by atoms with E-state index in [1.54, 1.807) is 0 Å². The minimum Gasteiger partial charge on any atom is -0.258 e. The Hall–Kier alpha value is -1.15. The summed E-state index contributed by atoms with van der Waals surface area (Å²) in [6.45, 7) is 1.95. The number of rotatable bonds is 5. The predicted octanol–water partition coefficient (Wildman–Crippen LogP) is 3.25. The Bertz CT molecular complexity index is 568. The zero-order chi connectivity index (χ0) is 13.8. The molecule has 1 aromatic rings. The van der Waals surface area contributed by atoms with Gasteiger partial charge in [-0.25, -0.2) is 8.60 Å². The van der Waals surface area contributed by atoms with Crippen molar-refractivity contribution in [3.05, 3.63) is 34.1 Å². The summed E-state index contributed by atoms with van der Waals surface area (Å²) in [5, 5.41) is 10.5. The van der Waals surface area contributed by atoms with Crippen LogP contribution in [-0.4, -0.2) is 21.1 Å². The summed E-state index contributed by atoms with van der Waals surface area (Å²) >= 11 is 1.12. The maximum Gasteiger partial charge on any atom is 0.272 e. The fourth-order valence-corrected chi connectivity index (χ4v) is 3.53. The van der Waals surface area contributed by atoms with Crippen LogP contribution in [0.5, 0.6) is 0 Å². The van der Waals surface area contributed by atoms with Gasteiger partial charge < -0.3 is 0 Å². The lowest BCUT2D eigenvalue weighted by Gasteiger charge is -2.05. The SMILES string of the molecule is CCCSN=S(C)(=O)c1ccc([N+](=O)[O-])cc1F. The molecule has 18 heavy (non-hydrogen) atoms. The molecule has 0 bridgehead atoms. The van der Waals surface area contributed by atoms with E-state index < -0.39 is 20.5 Å². The van der Waals surface area contributed by atoms with Crippen LogP contribution in [0.3, 0.4) is 0 Å². The van der Waals surface area contributed by atoms with E-state index in [0.29, 0.717) is 5.75 Å². The number of nitro benzene ring substituents is 1. The van der Waals surface area contributed by atoms with Gasteiger partial charge in [0, 0.05) is 18.1 Å². The summed E-state index contributed by atoms with van der Waals surface area (Å²) in [7, 11) is -2.87. The number of nitrogens with zero attached hydrogens (tertiary/aromatic N) is 2. The summed E-state index contributed by atoms with van der Waals surface area (Å²) in [5.74, 6) is -0.170. The topological polar surface area (TPSA) is 72.6 Å². The summed E-state index contributed by atoms with van der Waals surface area (Å²) in [5.41, 5.74) is -0.368. The summed E-state index contributed by atoms with van der Waals surface area (Å²) in [4.78, 5) is 9.66. The number of non-ortho nitro benzene ring substituents is 1. The standard InChI is InChI=1S/C10H13FN2O3S2/c1-3-6-17-12-18(2,16)10-5-4-8(13(14)15)7-9(10)11/h4-5,7H,3,6H2,1-2H3. The van der Waals surface area contributed by atoms with E-state index in [2.05, 4.69) is 3.77 Å². The van der Waals surface area contributed by atoms with Gasteiger partial charge >= 0.3 is 0 Å². The van der Waals surface area contributed by atoms with E-state index in [0.717, 1.165) is 36.6 Å². The van der Waals surface area contributed by atoms with Crippen molar-refractivity contribution in [1.29, 1.82) is 0 Å². The molecule has 0 heterocycles. The number of hydrogen-bond acceptors (Lipinski definition) is 5. The second-order valence-corrected chi connectivity index (χ2v) is 6.89. The molecule has 0 amide bonds. The first-order chi connectivity index (χ1) is 8.38. The van der Waals surface area contributed by atoms with Crippen molar-refractivity contribution >= 4 is 27.4 Å². The first-order valence-electron chi connectivity index (χ1n) is 5.16. The Balaban J connectivity index is 3.14. The summed E-state index contributed by atoms with van der Waals surface area (Å²) < 4.78 is 29.7. The zero-order valence-electron chi connectivity index (χ0n) is 9.96. The molecule has 100 valence electrons. The number of hydrogen-bond donors (Lipinski definition) is 0. The normalized spacial score (nSPS) is 13.9. The van der Waals surface area contributed by atoms with Crippen molar-refractivity contribution in [1.82, 2.24) is 0 Å². The van der Waals surface area contributed by atoms with Crippen LogP contribution < -0.4 is 0 Å². The van der Waals surface area contributed by atoms with Gasteiger partial charge in [0.25, 0.3) is 5.69 Å². The van der Waals surface area contributed by atoms with E-state index in [-0.39, 0.29) is 10.6 Å². The van der Waals surface area contributed by atoms with Gasteiger partial charge in [0.05, 0.1) is 25.6 Å². The summed E-state index contributed by atoms with van der Waals surface area (Å²) in [6.07, 6.45) is 2.19. The zero-order valence-corrected chi connectivity index (χ0v) is 11.6. The third-order valence-electron chi connectivity index (χ3n) is 2.02. The quantitative estimate of drug-likeness (QED) is 0.361. The molecule has 0 fully saturated rings. The van der Waals surface area contributed by atoms with Crippen molar-refractivity contribution in [2.75, 3.05) is 12.0 Å². The third kappa shape index (κ3) is 3.67. The molecule has 1 unspecified atom stereocenters. The predicted molar refractivity (Wildman–Crippen MR) is 70.6 cm³/mol. The molecule has 0 N–H and O–H groups in total. The smallest absolute Gasteiger partial charge is 0.258 e. The molecule has 5 nitrogen and oxygen atoms in total. The number of nitro groups is 1. The van der Waals surface area contributed by atoms with Gasteiger partial charge in [0.1, 0.15) is 5.82 Å². The van der Waals surface area contributed by atoms with Gasteiger partial charge in [-0.05, 0) is 24.4 Å². The highest BCUT2D eigenvalue weighted by Crippen LogP contribution is 2.23. The maximum absolute atomic E-state index is 13.7. The van der Waals surface area contributed by atoms with Crippen LogP contribution in [0, 0.1) is 15.9 Å². The number of benzene rings is 1. The van der Waals surface area contributed by atoms with E-state index in [4.69, 9.17) is 0 Å². The molecular formula is C10H13FN2O3S2. The molecule has 0 saturated carbocycles. The molecule has 0 radical (unpaired) electrons. The van der Waals surface area contributed by atoms with Gasteiger partial charge in [0.2, 0.25) is 0 Å². The highest BCUT2D eigenvalue weighted by atomic mass is 32.2. The fourth-order valence-electron chi connectivity index (χ4n) is 1.18.